The van der Waals surface area contributed by atoms with E-state index >= 15 is 0 Å². The van der Waals surface area contributed by atoms with Gasteiger partial charge in [-0.25, -0.2) is 4.98 Å². The van der Waals surface area contributed by atoms with Crippen molar-refractivity contribution in [3.8, 4) is 0 Å². The molecule has 0 radical (unpaired) electrons. The van der Waals surface area contributed by atoms with Gasteiger partial charge in [0.1, 0.15) is 5.92 Å². The number of aliphatic carboxylic acids is 1. The summed E-state index contributed by atoms with van der Waals surface area (Å²) in [5.41, 5.74) is 2.82. The van der Waals surface area contributed by atoms with E-state index in [0.717, 1.165) is 33.4 Å². The van der Waals surface area contributed by atoms with Gasteiger partial charge in [0.15, 0.2) is 5.13 Å². The zero-order chi connectivity index (χ0) is 14.1. The first kappa shape index (κ1) is 13.1. The van der Waals surface area contributed by atoms with Crippen molar-refractivity contribution < 1.29 is 9.90 Å². The van der Waals surface area contributed by atoms with Gasteiger partial charge in [-0.05, 0) is 31.4 Å². The van der Waals surface area contributed by atoms with E-state index in [1.807, 2.05) is 25.3 Å². The number of aromatic nitrogens is 2. The monoisotopic (exact) mass is 289 g/mol. The summed E-state index contributed by atoms with van der Waals surface area (Å²) in [7, 11) is 0. The van der Waals surface area contributed by atoms with Crippen LogP contribution in [0.2, 0.25) is 0 Å². The Balaban J connectivity index is 1.69. The number of aryl methyl sites for hydroxylation is 2. The molecule has 1 unspecified atom stereocenters. The third-order valence-corrected chi connectivity index (χ3v) is 4.52. The maximum atomic E-state index is 11.1. The number of anilines is 1. The lowest BCUT2D eigenvalue weighted by Gasteiger charge is -2.04. The van der Waals surface area contributed by atoms with Crippen LogP contribution in [0.15, 0.2) is 18.3 Å². The molecule has 3 rings (SSSR count). The van der Waals surface area contributed by atoms with Crippen LogP contribution in [-0.2, 0) is 17.8 Å². The number of nitrogens with one attached hydrogen (secondary N) is 1. The summed E-state index contributed by atoms with van der Waals surface area (Å²) in [6.45, 7) is 2.60. The molecule has 1 atom stereocenters. The van der Waals surface area contributed by atoms with Gasteiger partial charge < -0.3 is 10.4 Å². The van der Waals surface area contributed by atoms with Crippen LogP contribution in [0.25, 0.3) is 0 Å². The molecule has 6 heteroatoms. The van der Waals surface area contributed by atoms with Crippen LogP contribution in [-0.4, -0.2) is 21.0 Å². The SMILES string of the molecule is Cc1ccc(CNc2nc3c(s2)CCC3C(=O)O)cn1. The Morgan fingerprint density at radius 1 is 1.55 bits per heavy atom. The molecule has 2 N–H and O–H groups in total. The van der Waals surface area contributed by atoms with Gasteiger partial charge in [-0.15, -0.1) is 11.3 Å². The molecule has 2 heterocycles. The number of fused-ring (bicyclic) bond motifs is 1. The number of rotatable bonds is 4. The minimum atomic E-state index is -0.775. The zero-order valence-corrected chi connectivity index (χ0v) is 11.9. The Hall–Kier alpha value is -1.95. The molecule has 5 nitrogen and oxygen atoms in total. The summed E-state index contributed by atoms with van der Waals surface area (Å²) in [5.74, 6) is -1.21. The summed E-state index contributed by atoms with van der Waals surface area (Å²) >= 11 is 1.56. The van der Waals surface area contributed by atoms with Gasteiger partial charge in [0.25, 0.3) is 0 Å². The fourth-order valence-corrected chi connectivity index (χ4v) is 3.36. The molecule has 104 valence electrons. The number of thiazole rings is 1. The summed E-state index contributed by atoms with van der Waals surface area (Å²) in [6.07, 6.45) is 3.33. The lowest BCUT2D eigenvalue weighted by atomic mass is 10.1. The molecule has 0 bridgehead atoms. The molecule has 20 heavy (non-hydrogen) atoms. The number of carbonyl (C=O) groups is 1. The third kappa shape index (κ3) is 2.51. The molecule has 0 spiro atoms. The summed E-state index contributed by atoms with van der Waals surface area (Å²) < 4.78 is 0. The normalized spacial score (nSPS) is 16.9. The molecule has 0 aliphatic heterocycles. The van der Waals surface area contributed by atoms with E-state index in [1.54, 1.807) is 11.3 Å². The van der Waals surface area contributed by atoms with Crippen LogP contribution in [0.3, 0.4) is 0 Å². The van der Waals surface area contributed by atoms with E-state index in [1.165, 1.54) is 0 Å². The number of carboxylic acid groups (broad SMARTS) is 1. The second kappa shape index (κ2) is 5.20. The van der Waals surface area contributed by atoms with Gasteiger partial charge in [-0.3, -0.25) is 9.78 Å². The van der Waals surface area contributed by atoms with Crippen molar-refractivity contribution in [2.24, 2.45) is 0 Å². The lowest BCUT2D eigenvalue weighted by Crippen LogP contribution is -2.09. The second-order valence-electron chi connectivity index (χ2n) is 4.92. The quantitative estimate of drug-likeness (QED) is 0.904. The standard InChI is InChI=1S/C14H15N3O2S/c1-8-2-3-9(6-15-8)7-16-14-17-12-10(13(18)19)4-5-11(12)20-14/h2-3,6,10H,4-5,7H2,1H3,(H,16,17)(H,18,19). The Morgan fingerprint density at radius 2 is 2.40 bits per heavy atom. The molecule has 0 aromatic carbocycles. The van der Waals surface area contributed by atoms with Gasteiger partial charge in [-0.1, -0.05) is 6.07 Å². The highest BCUT2D eigenvalue weighted by Crippen LogP contribution is 2.38. The fourth-order valence-electron chi connectivity index (χ4n) is 2.32. The number of carboxylic acids is 1. The van der Waals surface area contributed by atoms with Gasteiger partial charge in [0.2, 0.25) is 0 Å². The van der Waals surface area contributed by atoms with E-state index in [2.05, 4.69) is 15.3 Å². The van der Waals surface area contributed by atoms with Crippen molar-refractivity contribution in [1.82, 2.24) is 9.97 Å². The second-order valence-corrected chi connectivity index (χ2v) is 6.00. The van der Waals surface area contributed by atoms with Crippen molar-refractivity contribution in [1.29, 1.82) is 0 Å². The Bertz CT molecular complexity index is 636. The van der Waals surface area contributed by atoms with E-state index in [4.69, 9.17) is 5.11 Å². The topological polar surface area (TPSA) is 75.1 Å². The van der Waals surface area contributed by atoms with Crippen LogP contribution >= 0.6 is 11.3 Å². The summed E-state index contributed by atoms with van der Waals surface area (Å²) in [4.78, 5) is 20.9. The minimum Gasteiger partial charge on any atom is -0.481 e. The van der Waals surface area contributed by atoms with Crippen molar-refractivity contribution in [2.45, 2.75) is 32.2 Å². The van der Waals surface area contributed by atoms with Gasteiger partial charge >= 0.3 is 5.97 Å². The molecule has 2 aromatic heterocycles. The molecule has 0 saturated heterocycles. The van der Waals surface area contributed by atoms with Crippen molar-refractivity contribution in [3.63, 3.8) is 0 Å². The van der Waals surface area contributed by atoms with Crippen LogP contribution in [0.5, 0.6) is 0 Å². The van der Waals surface area contributed by atoms with E-state index < -0.39 is 11.9 Å². The van der Waals surface area contributed by atoms with E-state index in [9.17, 15) is 4.79 Å². The molecule has 2 aromatic rings. The van der Waals surface area contributed by atoms with Gasteiger partial charge in [0, 0.05) is 23.3 Å². The molecule has 1 aliphatic rings. The molecular formula is C14H15N3O2S. The van der Waals surface area contributed by atoms with E-state index in [0.29, 0.717) is 13.0 Å². The highest BCUT2D eigenvalue weighted by molar-refractivity contribution is 7.15. The number of pyridine rings is 1. The summed E-state index contributed by atoms with van der Waals surface area (Å²) in [6, 6.07) is 4.00. The Morgan fingerprint density at radius 3 is 3.10 bits per heavy atom. The first-order valence-electron chi connectivity index (χ1n) is 6.51. The average Bonchev–Trinajstić information content (AvgIpc) is 2.97. The maximum Gasteiger partial charge on any atom is 0.312 e. The summed E-state index contributed by atoms with van der Waals surface area (Å²) in [5, 5.41) is 13.2. The smallest absolute Gasteiger partial charge is 0.312 e. The predicted molar refractivity (Wildman–Crippen MR) is 77.1 cm³/mol. The van der Waals surface area contributed by atoms with Crippen LogP contribution in [0.1, 0.15) is 34.2 Å². The Labute approximate surface area is 120 Å². The average molecular weight is 289 g/mol. The number of hydrogen-bond donors (Lipinski definition) is 2. The van der Waals surface area contributed by atoms with Crippen molar-refractivity contribution in [2.75, 3.05) is 5.32 Å². The zero-order valence-electron chi connectivity index (χ0n) is 11.1. The van der Waals surface area contributed by atoms with Crippen molar-refractivity contribution >= 4 is 22.4 Å². The van der Waals surface area contributed by atoms with Crippen molar-refractivity contribution in [3.05, 3.63) is 40.2 Å². The van der Waals surface area contributed by atoms with Crippen LogP contribution in [0, 0.1) is 6.92 Å². The predicted octanol–water partition coefficient (Wildman–Crippen LogP) is 2.57. The highest BCUT2D eigenvalue weighted by atomic mass is 32.1. The Kier molecular flexibility index (Phi) is 3.40. The first-order valence-corrected chi connectivity index (χ1v) is 7.33. The number of nitrogens with zero attached hydrogens (tertiary/aromatic N) is 2. The molecule has 0 saturated carbocycles. The third-order valence-electron chi connectivity index (χ3n) is 3.43. The maximum absolute atomic E-state index is 11.1. The molecule has 1 aliphatic carbocycles. The first-order chi connectivity index (χ1) is 9.63. The van der Waals surface area contributed by atoms with E-state index in [-0.39, 0.29) is 0 Å². The molecule has 0 fully saturated rings. The lowest BCUT2D eigenvalue weighted by molar-refractivity contribution is -0.138. The van der Waals surface area contributed by atoms with Gasteiger partial charge in [0.05, 0.1) is 5.69 Å². The van der Waals surface area contributed by atoms with Crippen LogP contribution in [0.4, 0.5) is 5.13 Å². The highest BCUT2D eigenvalue weighted by Gasteiger charge is 2.32. The fraction of sp³-hybridized carbons (Fsp3) is 0.357. The number of hydrogen-bond acceptors (Lipinski definition) is 5. The minimum absolute atomic E-state index is 0.433. The van der Waals surface area contributed by atoms with Crippen LogP contribution < -0.4 is 5.32 Å². The molecular weight excluding hydrogens is 274 g/mol. The van der Waals surface area contributed by atoms with Gasteiger partial charge in [-0.2, -0.15) is 0 Å². The molecule has 0 amide bonds. The largest absolute Gasteiger partial charge is 0.481 e.